The van der Waals surface area contributed by atoms with Crippen LogP contribution in [0.5, 0.6) is 0 Å². The molecule has 0 bridgehead atoms. The topological polar surface area (TPSA) is 92.0 Å². The first-order chi connectivity index (χ1) is 15.2. The molecular formula is C22H19F3N6O. The zero-order valence-corrected chi connectivity index (χ0v) is 17.1. The third-order valence-electron chi connectivity index (χ3n) is 5.13. The molecule has 1 unspecified atom stereocenters. The number of rotatable bonds is 6. The van der Waals surface area contributed by atoms with E-state index in [1.54, 1.807) is 18.5 Å². The summed E-state index contributed by atoms with van der Waals surface area (Å²) in [7, 11) is 0. The highest BCUT2D eigenvalue weighted by atomic mass is 19.4. The molecule has 1 N–H and O–H groups in total. The first kappa shape index (κ1) is 21.5. The molecule has 4 heterocycles. The second-order valence-corrected chi connectivity index (χ2v) is 7.54. The summed E-state index contributed by atoms with van der Waals surface area (Å²) in [5, 5.41) is 26.6. The standard InChI is InChI=1S/C22H19F3N6O/c1-14-2-3-16(11-27-14)21-17(10-26)9-19-8-15(6-7-31(19)21)12-30-13-18(28-29-30)4-5-20(32)22(23,24)25/h2-3,6-9,11,13,20,32H,4-5,12H2,1H3. The van der Waals surface area contributed by atoms with Crippen molar-refractivity contribution in [1.82, 2.24) is 24.4 Å². The summed E-state index contributed by atoms with van der Waals surface area (Å²) >= 11 is 0. The first-order valence-electron chi connectivity index (χ1n) is 9.85. The van der Waals surface area contributed by atoms with E-state index in [4.69, 9.17) is 5.11 Å². The normalized spacial score (nSPS) is 12.8. The average molecular weight is 440 g/mol. The maximum atomic E-state index is 12.4. The molecule has 0 saturated heterocycles. The summed E-state index contributed by atoms with van der Waals surface area (Å²) in [6, 6.07) is 11.6. The van der Waals surface area contributed by atoms with Crippen LogP contribution in [0.25, 0.3) is 16.8 Å². The van der Waals surface area contributed by atoms with E-state index in [9.17, 15) is 18.4 Å². The minimum atomic E-state index is -4.64. The number of halogens is 3. The van der Waals surface area contributed by atoms with E-state index in [1.165, 1.54) is 4.68 Å². The van der Waals surface area contributed by atoms with E-state index in [-0.39, 0.29) is 6.42 Å². The molecule has 10 heteroatoms. The Morgan fingerprint density at radius 1 is 1.22 bits per heavy atom. The highest BCUT2D eigenvalue weighted by Gasteiger charge is 2.37. The van der Waals surface area contributed by atoms with Crippen molar-refractivity contribution in [2.24, 2.45) is 0 Å². The van der Waals surface area contributed by atoms with Crippen molar-refractivity contribution >= 4 is 5.52 Å². The molecule has 1 atom stereocenters. The molecular weight excluding hydrogens is 421 g/mol. The van der Waals surface area contributed by atoms with Gasteiger partial charge in [0.1, 0.15) is 12.2 Å². The monoisotopic (exact) mass is 440 g/mol. The molecule has 7 nitrogen and oxygen atoms in total. The summed E-state index contributed by atoms with van der Waals surface area (Å²) in [5.41, 5.74) is 5.09. The largest absolute Gasteiger partial charge is 0.414 e. The van der Waals surface area contributed by atoms with Gasteiger partial charge in [-0.1, -0.05) is 5.21 Å². The Balaban J connectivity index is 1.54. The van der Waals surface area contributed by atoms with E-state index in [0.717, 1.165) is 28.0 Å². The van der Waals surface area contributed by atoms with Gasteiger partial charge in [-0.3, -0.25) is 4.98 Å². The van der Waals surface area contributed by atoms with Crippen LogP contribution < -0.4 is 0 Å². The van der Waals surface area contributed by atoms with Gasteiger partial charge in [0.25, 0.3) is 0 Å². The number of alkyl halides is 3. The average Bonchev–Trinajstić information content (AvgIpc) is 3.35. The lowest BCUT2D eigenvalue weighted by Crippen LogP contribution is -2.28. The highest BCUT2D eigenvalue weighted by Crippen LogP contribution is 2.28. The number of aromatic nitrogens is 5. The minimum absolute atomic E-state index is 0.0299. The van der Waals surface area contributed by atoms with Crippen LogP contribution in [0.15, 0.2) is 48.9 Å². The van der Waals surface area contributed by atoms with Crippen molar-refractivity contribution in [1.29, 1.82) is 5.26 Å². The number of fused-ring (bicyclic) bond motifs is 1. The van der Waals surface area contributed by atoms with Crippen molar-refractivity contribution in [3.05, 3.63) is 71.4 Å². The van der Waals surface area contributed by atoms with Crippen LogP contribution in [-0.4, -0.2) is 41.8 Å². The van der Waals surface area contributed by atoms with E-state index in [0.29, 0.717) is 17.8 Å². The predicted molar refractivity (Wildman–Crippen MR) is 110 cm³/mol. The Kier molecular flexibility index (Phi) is 5.67. The van der Waals surface area contributed by atoms with E-state index < -0.39 is 18.7 Å². The molecule has 0 saturated carbocycles. The number of nitrogens with zero attached hydrogens (tertiary/aromatic N) is 6. The zero-order chi connectivity index (χ0) is 22.9. The lowest BCUT2D eigenvalue weighted by Gasteiger charge is -2.12. The molecule has 4 aromatic rings. The lowest BCUT2D eigenvalue weighted by molar-refractivity contribution is -0.205. The van der Waals surface area contributed by atoms with Crippen LogP contribution in [0.4, 0.5) is 13.2 Å². The Morgan fingerprint density at radius 2 is 2.03 bits per heavy atom. The van der Waals surface area contributed by atoms with Crippen LogP contribution in [0.3, 0.4) is 0 Å². The Bertz CT molecular complexity index is 1280. The van der Waals surface area contributed by atoms with Gasteiger partial charge in [0.2, 0.25) is 0 Å². The van der Waals surface area contributed by atoms with E-state index in [2.05, 4.69) is 21.4 Å². The van der Waals surface area contributed by atoms with E-state index >= 15 is 0 Å². The number of aryl methyl sites for hydroxylation is 2. The lowest BCUT2D eigenvalue weighted by atomic mass is 10.1. The zero-order valence-electron chi connectivity index (χ0n) is 17.1. The molecule has 0 aliphatic carbocycles. The van der Waals surface area contributed by atoms with Gasteiger partial charge in [-0.05, 0) is 55.7 Å². The number of pyridine rings is 2. The number of aliphatic hydroxyl groups is 1. The van der Waals surface area contributed by atoms with Gasteiger partial charge in [-0.25, -0.2) is 4.68 Å². The molecule has 164 valence electrons. The smallest absolute Gasteiger partial charge is 0.384 e. The van der Waals surface area contributed by atoms with Crippen LogP contribution in [0.2, 0.25) is 0 Å². The molecule has 4 rings (SSSR count). The second-order valence-electron chi connectivity index (χ2n) is 7.54. The fourth-order valence-corrected chi connectivity index (χ4v) is 3.48. The molecule has 0 aliphatic heterocycles. The molecule has 0 amide bonds. The van der Waals surface area contributed by atoms with Gasteiger partial charge in [-0.2, -0.15) is 18.4 Å². The van der Waals surface area contributed by atoms with Gasteiger partial charge < -0.3 is 9.51 Å². The number of hydrogen-bond acceptors (Lipinski definition) is 5. The van der Waals surface area contributed by atoms with Crippen LogP contribution in [0, 0.1) is 18.3 Å². The fourth-order valence-electron chi connectivity index (χ4n) is 3.48. The number of hydrogen-bond donors (Lipinski definition) is 1. The SMILES string of the molecule is Cc1ccc(-c2c(C#N)cc3cc(Cn4cc(CCC(O)C(F)(F)F)nn4)ccn23)cn1. The Morgan fingerprint density at radius 3 is 2.72 bits per heavy atom. The maximum absolute atomic E-state index is 12.4. The van der Waals surface area contributed by atoms with Gasteiger partial charge in [0, 0.05) is 35.4 Å². The molecule has 0 aliphatic rings. The third-order valence-corrected chi connectivity index (χ3v) is 5.13. The van der Waals surface area contributed by atoms with Gasteiger partial charge >= 0.3 is 6.18 Å². The molecule has 0 spiro atoms. The summed E-state index contributed by atoms with van der Waals surface area (Å²) in [5.74, 6) is 0. The van der Waals surface area contributed by atoms with Crippen molar-refractivity contribution in [2.75, 3.05) is 0 Å². The van der Waals surface area contributed by atoms with E-state index in [1.807, 2.05) is 41.8 Å². The van der Waals surface area contributed by atoms with Crippen molar-refractivity contribution in [2.45, 2.75) is 38.6 Å². The molecule has 0 radical (unpaired) electrons. The van der Waals surface area contributed by atoms with Crippen molar-refractivity contribution < 1.29 is 18.3 Å². The Labute approximate surface area is 181 Å². The van der Waals surface area contributed by atoms with Gasteiger partial charge in [-0.15, -0.1) is 5.10 Å². The predicted octanol–water partition coefficient (Wildman–Crippen LogP) is 3.68. The Hall–Kier alpha value is -3.71. The number of nitriles is 1. The summed E-state index contributed by atoms with van der Waals surface area (Å²) in [4.78, 5) is 4.31. The fraction of sp³-hybridized carbons (Fsp3) is 0.273. The molecule has 0 fully saturated rings. The quantitative estimate of drug-likeness (QED) is 0.494. The van der Waals surface area contributed by atoms with Gasteiger partial charge in [0.15, 0.2) is 0 Å². The van der Waals surface area contributed by atoms with Gasteiger partial charge in [0.05, 0.1) is 23.5 Å². The second kappa shape index (κ2) is 8.43. The number of aliphatic hydroxyl groups excluding tert-OH is 1. The maximum Gasteiger partial charge on any atom is 0.414 e. The minimum Gasteiger partial charge on any atom is -0.384 e. The van der Waals surface area contributed by atoms with Crippen LogP contribution in [-0.2, 0) is 13.0 Å². The first-order valence-corrected chi connectivity index (χ1v) is 9.85. The molecule has 4 aromatic heterocycles. The summed E-state index contributed by atoms with van der Waals surface area (Å²) < 4.78 is 40.8. The van der Waals surface area contributed by atoms with Crippen LogP contribution in [0.1, 0.15) is 28.9 Å². The molecule has 0 aromatic carbocycles. The summed E-state index contributed by atoms with van der Waals surface area (Å²) in [6.45, 7) is 2.26. The molecule has 32 heavy (non-hydrogen) atoms. The summed E-state index contributed by atoms with van der Waals surface area (Å²) in [6.07, 6.45) is -2.36. The third kappa shape index (κ3) is 4.48. The van der Waals surface area contributed by atoms with Crippen LogP contribution >= 0.6 is 0 Å². The van der Waals surface area contributed by atoms with Crippen molar-refractivity contribution in [3.63, 3.8) is 0 Å². The van der Waals surface area contributed by atoms with Crippen molar-refractivity contribution in [3.8, 4) is 17.3 Å². The highest BCUT2D eigenvalue weighted by molar-refractivity contribution is 5.74.